The monoisotopic (exact) mass is 423 g/mol. The van der Waals surface area contributed by atoms with Crippen LogP contribution in [0.1, 0.15) is 37.8 Å². The van der Waals surface area contributed by atoms with Gasteiger partial charge in [0, 0.05) is 19.0 Å². The van der Waals surface area contributed by atoms with E-state index in [0.717, 1.165) is 11.1 Å². The largest absolute Gasteiger partial charge is 0.445 e. The summed E-state index contributed by atoms with van der Waals surface area (Å²) in [6.07, 6.45) is 0.136. The van der Waals surface area contributed by atoms with E-state index < -0.39 is 18.2 Å². The van der Waals surface area contributed by atoms with E-state index in [9.17, 15) is 9.90 Å². The summed E-state index contributed by atoms with van der Waals surface area (Å²) in [5, 5.41) is 19.7. The molecule has 1 amide bonds. The molecule has 0 saturated heterocycles. The highest BCUT2D eigenvalue weighted by Crippen LogP contribution is 2.24. The van der Waals surface area contributed by atoms with Crippen LogP contribution in [0.3, 0.4) is 0 Å². The van der Waals surface area contributed by atoms with Crippen LogP contribution in [-0.2, 0) is 17.8 Å². The molecular formula is C25H33N3O3. The molecule has 0 aliphatic carbocycles. The van der Waals surface area contributed by atoms with E-state index in [-0.39, 0.29) is 18.6 Å². The van der Waals surface area contributed by atoms with Crippen LogP contribution in [0.5, 0.6) is 0 Å². The number of carbonyl (C=O) groups is 1. The van der Waals surface area contributed by atoms with Crippen molar-refractivity contribution in [3.8, 4) is 6.07 Å². The lowest BCUT2D eigenvalue weighted by atomic mass is 9.87. The summed E-state index contributed by atoms with van der Waals surface area (Å²) in [7, 11) is 0. The quantitative estimate of drug-likeness (QED) is 0.571. The zero-order valence-corrected chi connectivity index (χ0v) is 18.4. The third kappa shape index (κ3) is 8.79. The average Bonchev–Trinajstić information content (AvgIpc) is 2.76. The molecule has 0 aromatic heterocycles. The van der Waals surface area contributed by atoms with Crippen LogP contribution in [0.2, 0.25) is 0 Å². The lowest BCUT2D eigenvalue weighted by Gasteiger charge is -2.34. The van der Waals surface area contributed by atoms with Gasteiger partial charge in [0.05, 0.1) is 18.7 Å². The molecule has 0 heterocycles. The Morgan fingerprint density at radius 2 is 1.71 bits per heavy atom. The van der Waals surface area contributed by atoms with E-state index in [1.807, 2.05) is 74.5 Å². The summed E-state index contributed by atoms with van der Waals surface area (Å²) in [5.74, 6) is 0. The van der Waals surface area contributed by atoms with Gasteiger partial charge in [0.2, 0.25) is 0 Å². The molecule has 2 aromatic rings. The Labute approximate surface area is 185 Å². The number of aliphatic hydroxyl groups excluding tert-OH is 1. The maximum atomic E-state index is 12.9. The number of benzene rings is 2. The van der Waals surface area contributed by atoms with Gasteiger partial charge in [-0.05, 0) is 29.4 Å². The van der Waals surface area contributed by atoms with Crippen LogP contribution < -0.4 is 5.73 Å². The molecule has 2 rings (SSSR count). The Morgan fingerprint density at radius 1 is 1.13 bits per heavy atom. The summed E-state index contributed by atoms with van der Waals surface area (Å²) >= 11 is 0. The van der Waals surface area contributed by atoms with Gasteiger partial charge in [0.1, 0.15) is 6.61 Å². The first-order chi connectivity index (χ1) is 14.8. The minimum Gasteiger partial charge on any atom is -0.445 e. The molecule has 3 N–H and O–H groups in total. The fourth-order valence-electron chi connectivity index (χ4n) is 3.39. The first-order valence-corrected chi connectivity index (χ1v) is 10.6. The molecule has 0 spiro atoms. The number of amides is 1. The third-order valence-corrected chi connectivity index (χ3v) is 5.21. The molecule has 0 saturated carbocycles. The summed E-state index contributed by atoms with van der Waals surface area (Å²) in [6.45, 7) is 4.58. The molecule has 0 aliphatic rings. The van der Waals surface area contributed by atoms with Crippen molar-refractivity contribution in [2.45, 2.75) is 51.9 Å². The molecular weight excluding hydrogens is 390 g/mol. The highest BCUT2D eigenvalue weighted by molar-refractivity contribution is 5.67. The highest BCUT2D eigenvalue weighted by atomic mass is 16.6. The fourth-order valence-corrected chi connectivity index (χ4v) is 3.39. The van der Waals surface area contributed by atoms with Gasteiger partial charge >= 0.3 is 6.09 Å². The number of ether oxygens (including phenoxy) is 1. The van der Waals surface area contributed by atoms with Crippen LogP contribution in [0.25, 0.3) is 0 Å². The average molecular weight is 424 g/mol. The van der Waals surface area contributed by atoms with Gasteiger partial charge in [-0.3, -0.25) is 0 Å². The Morgan fingerprint density at radius 3 is 2.29 bits per heavy atom. The normalized spacial score (nSPS) is 13.1. The number of nitrogens with two attached hydrogens (primary N) is 1. The molecule has 0 radical (unpaired) electrons. The van der Waals surface area contributed by atoms with E-state index in [4.69, 9.17) is 15.7 Å². The van der Waals surface area contributed by atoms with Gasteiger partial charge in [0.15, 0.2) is 0 Å². The second kappa shape index (κ2) is 12.1. The molecule has 0 fully saturated rings. The van der Waals surface area contributed by atoms with Gasteiger partial charge in [-0.2, -0.15) is 5.26 Å². The molecule has 6 nitrogen and oxygen atoms in total. The summed E-state index contributed by atoms with van der Waals surface area (Å²) in [5.41, 5.74) is 7.85. The van der Waals surface area contributed by atoms with Gasteiger partial charge in [-0.15, -0.1) is 0 Å². The lowest BCUT2D eigenvalue weighted by Crippen LogP contribution is -2.49. The minimum atomic E-state index is -0.906. The number of nitrogens with zero attached hydrogens (tertiary/aromatic N) is 2. The van der Waals surface area contributed by atoms with Crippen molar-refractivity contribution in [3.63, 3.8) is 0 Å². The van der Waals surface area contributed by atoms with E-state index in [2.05, 4.69) is 6.07 Å². The van der Waals surface area contributed by atoms with Gasteiger partial charge in [0.25, 0.3) is 0 Å². The number of carbonyl (C=O) groups excluding carboxylic acids is 1. The number of aliphatic hydroxyl groups is 1. The summed E-state index contributed by atoms with van der Waals surface area (Å²) < 4.78 is 5.51. The second-order valence-electron chi connectivity index (χ2n) is 8.66. The van der Waals surface area contributed by atoms with Crippen LogP contribution in [0.4, 0.5) is 4.79 Å². The fraction of sp³-hybridized carbons (Fsp3) is 0.440. The van der Waals surface area contributed by atoms with Gasteiger partial charge < -0.3 is 20.5 Å². The van der Waals surface area contributed by atoms with Crippen molar-refractivity contribution in [1.29, 1.82) is 5.26 Å². The molecule has 6 heteroatoms. The van der Waals surface area contributed by atoms with E-state index in [1.54, 1.807) is 0 Å². The molecule has 166 valence electrons. The Balaban J connectivity index is 2.04. The molecule has 31 heavy (non-hydrogen) atoms. The lowest BCUT2D eigenvalue weighted by molar-refractivity contribution is 0.0452. The Hall–Kier alpha value is -2.88. The van der Waals surface area contributed by atoms with E-state index in [1.165, 1.54) is 4.90 Å². The number of hydrogen-bond acceptors (Lipinski definition) is 5. The van der Waals surface area contributed by atoms with Crippen LogP contribution in [0, 0.1) is 16.7 Å². The maximum absolute atomic E-state index is 12.9. The van der Waals surface area contributed by atoms with Crippen LogP contribution in [-0.4, -0.2) is 41.3 Å². The van der Waals surface area contributed by atoms with Crippen molar-refractivity contribution in [1.82, 2.24) is 4.90 Å². The van der Waals surface area contributed by atoms with Crippen LogP contribution in [0.15, 0.2) is 60.7 Å². The first-order valence-electron chi connectivity index (χ1n) is 10.6. The number of rotatable bonds is 11. The predicted molar refractivity (Wildman–Crippen MR) is 121 cm³/mol. The maximum Gasteiger partial charge on any atom is 0.410 e. The van der Waals surface area contributed by atoms with Crippen LogP contribution >= 0.6 is 0 Å². The Kier molecular flexibility index (Phi) is 9.51. The summed E-state index contributed by atoms with van der Waals surface area (Å²) in [6, 6.07) is 20.8. The highest BCUT2D eigenvalue weighted by Gasteiger charge is 2.29. The Bertz CT molecular complexity index is 834. The van der Waals surface area contributed by atoms with E-state index in [0.29, 0.717) is 25.8 Å². The molecule has 0 bridgehead atoms. The second-order valence-corrected chi connectivity index (χ2v) is 8.66. The smallest absolute Gasteiger partial charge is 0.410 e. The van der Waals surface area contributed by atoms with Crippen molar-refractivity contribution in [2.24, 2.45) is 11.1 Å². The number of nitriles is 1. The molecule has 2 atom stereocenters. The van der Waals surface area contributed by atoms with E-state index >= 15 is 0 Å². The SMILES string of the molecule is CC(C)(CCC#N)CN(C[C@@H](O)[C@H](N)Cc1ccccc1)C(=O)OCc1ccccc1. The van der Waals surface area contributed by atoms with Crippen molar-refractivity contribution in [2.75, 3.05) is 13.1 Å². The zero-order chi connectivity index (χ0) is 22.7. The van der Waals surface area contributed by atoms with Crippen molar-refractivity contribution >= 4 is 6.09 Å². The van der Waals surface area contributed by atoms with Gasteiger partial charge in [-0.1, -0.05) is 74.5 Å². The van der Waals surface area contributed by atoms with Crippen molar-refractivity contribution < 1.29 is 14.6 Å². The molecule has 0 aliphatic heterocycles. The zero-order valence-electron chi connectivity index (χ0n) is 18.4. The van der Waals surface area contributed by atoms with Crippen molar-refractivity contribution in [3.05, 3.63) is 71.8 Å². The number of hydrogen-bond donors (Lipinski definition) is 2. The first kappa shape index (κ1) is 24.4. The van der Waals surface area contributed by atoms with Gasteiger partial charge in [-0.25, -0.2) is 4.79 Å². The third-order valence-electron chi connectivity index (χ3n) is 5.21. The standard InChI is InChI=1S/C25H33N3O3/c1-25(2,14-9-15-26)19-28(24(30)31-18-21-12-7-4-8-13-21)17-23(29)22(27)16-20-10-5-3-6-11-20/h3-8,10-13,22-23,29H,9,14,16-19,27H2,1-2H3/t22-,23-/m1/s1. The molecule has 0 unspecified atom stereocenters. The minimum absolute atomic E-state index is 0.0671. The molecule has 2 aromatic carbocycles. The predicted octanol–water partition coefficient (Wildman–Crippen LogP) is 3.89. The topological polar surface area (TPSA) is 99.6 Å². The summed E-state index contributed by atoms with van der Waals surface area (Å²) in [4.78, 5) is 14.4.